The van der Waals surface area contributed by atoms with Crippen LogP contribution in [-0.4, -0.2) is 50.3 Å². The number of benzene rings is 1. The second-order valence-corrected chi connectivity index (χ2v) is 8.88. The van der Waals surface area contributed by atoms with Gasteiger partial charge < -0.3 is 10.0 Å². The summed E-state index contributed by atoms with van der Waals surface area (Å²) in [5.41, 5.74) is 0.516. The number of unbranched alkanes of at least 4 members (excludes halogenated alkanes) is 2. The van der Waals surface area contributed by atoms with E-state index >= 15 is 0 Å². The van der Waals surface area contributed by atoms with Gasteiger partial charge in [-0.25, -0.2) is 17.9 Å². The highest BCUT2D eigenvalue weighted by Gasteiger charge is 2.31. The SMILES string of the molecule is CCN(CCCCCC(C)F)CCCC(O)C(c1ccccc1)S(N)(=O)=O. The van der Waals surface area contributed by atoms with E-state index in [2.05, 4.69) is 11.8 Å². The van der Waals surface area contributed by atoms with Crippen molar-refractivity contribution in [2.24, 2.45) is 5.14 Å². The Balaban J connectivity index is 2.45. The first-order valence-electron chi connectivity index (χ1n) is 9.86. The van der Waals surface area contributed by atoms with Crippen molar-refractivity contribution in [3.05, 3.63) is 35.9 Å². The number of alkyl halides is 1. The van der Waals surface area contributed by atoms with Crippen LogP contribution in [0.3, 0.4) is 0 Å². The van der Waals surface area contributed by atoms with Crippen LogP contribution in [0.15, 0.2) is 30.3 Å². The number of nitrogens with zero attached hydrogens (tertiary/aromatic N) is 1. The molecule has 1 rings (SSSR count). The number of hydrogen-bond donors (Lipinski definition) is 2. The average molecular weight is 403 g/mol. The van der Waals surface area contributed by atoms with E-state index in [0.29, 0.717) is 24.8 Å². The number of hydrogen-bond acceptors (Lipinski definition) is 4. The molecule has 0 aliphatic rings. The quantitative estimate of drug-likeness (QED) is 0.467. The Kier molecular flexibility index (Phi) is 11.1. The highest BCUT2D eigenvalue weighted by atomic mass is 32.2. The summed E-state index contributed by atoms with van der Waals surface area (Å²) < 4.78 is 36.7. The van der Waals surface area contributed by atoms with E-state index in [4.69, 9.17) is 5.14 Å². The first kappa shape index (κ1) is 24.0. The second-order valence-electron chi connectivity index (χ2n) is 7.19. The molecule has 3 N–H and O–H groups in total. The fourth-order valence-electron chi connectivity index (χ4n) is 3.31. The fraction of sp³-hybridized carbons (Fsp3) is 0.700. The number of aliphatic hydroxyl groups is 1. The molecule has 27 heavy (non-hydrogen) atoms. The molecular weight excluding hydrogens is 367 g/mol. The third kappa shape index (κ3) is 9.65. The molecule has 0 aliphatic carbocycles. The van der Waals surface area contributed by atoms with Gasteiger partial charge in [0.15, 0.2) is 0 Å². The van der Waals surface area contributed by atoms with Gasteiger partial charge >= 0.3 is 0 Å². The maximum absolute atomic E-state index is 12.8. The van der Waals surface area contributed by atoms with Gasteiger partial charge in [0, 0.05) is 0 Å². The van der Waals surface area contributed by atoms with Gasteiger partial charge in [-0.3, -0.25) is 0 Å². The van der Waals surface area contributed by atoms with E-state index in [1.54, 1.807) is 37.3 Å². The van der Waals surface area contributed by atoms with Crippen LogP contribution in [0.1, 0.15) is 63.2 Å². The lowest BCUT2D eigenvalue weighted by molar-refractivity contribution is 0.147. The summed E-state index contributed by atoms with van der Waals surface area (Å²) >= 11 is 0. The van der Waals surface area contributed by atoms with Gasteiger partial charge in [-0.1, -0.05) is 50.1 Å². The summed E-state index contributed by atoms with van der Waals surface area (Å²) in [6.07, 6.45) is 2.84. The minimum absolute atomic E-state index is 0.367. The summed E-state index contributed by atoms with van der Waals surface area (Å²) in [6, 6.07) is 8.62. The van der Waals surface area contributed by atoms with Crippen molar-refractivity contribution in [2.75, 3.05) is 19.6 Å². The smallest absolute Gasteiger partial charge is 0.218 e. The molecule has 0 amide bonds. The molecule has 0 aromatic heterocycles. The molecule has 0 saturated carbocycles. The van der Waals surface area contributed by atoms with E-state index in [9.17, 15) is 17.9 Å². The van der Waals surface area contributed by atoms with Gasteiger partial charge in [-0.15, -0.1) is 0 Å². The fourth-order valence-corrected chi connectivity index (χ4v) is 4.43. The number of aliphatic hydroxyl groups excluding tert-OH is 1. The summed E-state index contributed by atoms with van der Waals surface area (Å²) in [7, 11) is -3.90. The van der Waals surface area contributed by atoms with Crippen LogP contribution < -0.4 is 5.14 Å². The van der Waals surface area contributed by atoms with Crippen LogP contribution in [0.5, 0.6) is 0 Å². The summed E-state index contributed by atoms with van der Waals surface area (Å²) in [4.78, 5) is 2.28. The molecule has 156 valence electrons. The molecule has 1 aromatic carbocycles. The Hall–Kier alpha value is -1.02. The lowest BCUT2D eigenvalue weighted by Crippen LogP contribution is -2.32. The van der Waals surface area contributed by atoms with Crippen LogP contribution in [0.25, 0.3) is 0 Å². The van der Waals surface area contributed by atoms with Crippen LogP contribution in [0.4, 0.5) is 4.39 Å². The minimum Gasteiger partial charge on any atom is -0.391 e. The Labute approximate surface area is 163 Å². The van der Waals surface area contributed by atoms with Crippen molar-refractivity contribution in [2.45, 2.75) is 69.9 Å². The molecular formula is C20H35FN2O3S. The third-order valence-electron chi connectivity index (χ3n) is 4.83. The zero-order valence-electron chi connectivity index (χ0n) is 16.6. The van der Waals surface area contributed by atoms with E-state index in [-0.39, 0.29) is 0 Å². The monoisotopic (exact) mass is 402 g/mol. The van der Waals surface area contributed by atoms with Crippen LogP contribution in [0.2, 0.25) is 0 Å². The highest BCUT2D eigenvalue weighted by Crippen LogP contribution is 2.26. The van der Waals surface area contributed by atoms with Crippen molar-refractivity contribution in [3.63, 3.8) is 0 Å². The van der Waals surface area contributed by atoms with Crippen molar-refractivity contribution in [1.82, 2.24) is 4.90 Å². The zero-order valence-corrected chi connectivity index (χ0v) is 17.4. The topological polar surface area (TPSA) is 83.6 Å². The molecule has 5 nitrogen and oxygen atoms in total. The normalized spacial score (nSPS) is 15.6. The van der Waals surface area contributed by atoms with E-state index < -0.39 is 27.5 Å². The standard InChI is InChI=1S/C20H35FN2O3S/c1-3-23(15-9-5-6-11-17(2)21)16-10-14-19(24)20(27(22,25)26)18-12-7-4-8-13-18/h4,7-8,12-13,17,19-20,24H,3,5-6,9-11,14-16H2,1-2H3,(H2,22,25,26). The lowest BCUT2D eigenvalue weighted by atomic mass is 10.0. The zero-order chi connectivity index (χ0) is 20.3. The Morgan fingerprint density at radius 1 is 1.07 bits per heavy atom. The number of halogens is 1. The van der Waals surface area contributed by atoms with E-state index in [1.807, 2.05) is 0 Å². The Morgan fingerprint density at radius 2 is 1.70 bits per heavy atom. The van der Waals surface area contributed by atoms with Gasteiger partial charge in [0.05, 0.1) is 12.3 Å². The van der Waals surface area contributed by atoms with Gasteiger partial charge in [0.1, 0.15) is 5.25 Å². The van der Waals surface area contributed by atoms with Gasteiger partial charge in [0.25, 0.3) is 0 Å². The van der Waals surface area contributed by atoms with Crippen molar-refractivity contribution in [3.8, 4) is 0 Å². The number of nitrogens with two attached hydrogens (primary N) is 1. The molecule has 0 radical (unpaired) electrons. The molecule has 3 unspecified atom stereocenters. The minimum atomic E-state index is -3.90. The largest absolute Gasteiger partial charge is 0.391 e. The Morgan fingerprint density at radius 3 is 2.26 bits per heavy atom. The Bertz CT molecular complexity index is 611. The molecule has 0 spiro atoms. The van der Waals surface area contributed by atoms with Gasteiger partial charge in [-0.2, -0.15) is 0 Å². The molecule has 0 saturated heterocycles. The van der Waals surface area contributed by atoms with Crippen molar-refractivity contribution < 1.29 is 17.9 Å². The van der Waals surface area contributed by atoms with Crippen molar-refractivity contribution in [1.29, 1.82) is 0 Å². The molecule has 0 heterocycles. The number of sulfonamides is 1. The van der Waals surface area contributed by atoms with Crippen LogP contribution in [-0.2, 0) is 10.0 Å². The second kappa shape index (κ2) is 12.4. The third-order valence-corrected chi connectivity index (χ3v) is 6.12. The number of primary sulfonamides is 1. The number of rotatable bonds is 14. The van der Waals surface area contributed by atoms with Gasteiger partial charge in [-0.05, 0) is 57.8 Å². The van der Waals surface area contributed by atoms with E-state index in [0.717, 1.165) is 38.9 Å². The summed E-state index contributed by atoms with van der Waals surface area (Å²) in [6.45, 7) is 6.29. The lowest BCUT2D eigenvalue weighted by Gasteiger charge is -2.24. The van der Waals surface area contributed by atoms with Crippen LogP contribution >= 0.6 is 0 Å². The van der Waals surface area contributed by atoms with Crippen LogP contribution in [0, 0.1) is 0 Å². The maximum Gasteiger partial charge on any atom is 0.218 e. The average Bonchev–Trinajstić information content (AvgIpc) is 2.59. The molecule has 3 atom stereocenters. The molecule has 0 aliphatic heterocycles. The first-order chi connectivity index (χ1) is 12.8. The molecule has 0 bridgehead atoms. The molecule has 7 heteroatoms. The first-order valence-corrected chi connectivity index (χ1v) is 11.5. The predicted octanol–water partition coefficient (Wildman–Crippen LogP) is 3.40. The maximum atomic E-state index is 12.8. The highest BCUT2D eigenvalue weighted by molar-refractivity contribution is 7.89. The molecule has 0 fully saturated rings. The summed E-state index contributed by atoms with van der Waals surface area (Å²) in [5.74, 6) is 0. The van der Waals surface area contributed by atoms with Crippen molar-refractivity contribution >= 4 is 10.0 Å². The summed E-state index contributed by atoms with van der Waals surface area (Å²) in [5, 5.41) is 14.7. The molecule has 1 aromatic rings. The van der Waals surface area contributed by atoms with Gasteiger partial charge in [0.2, 0.25) is 10.0 Å². The van der Waals surface area contributed by atoms with E-state index in [1.165, 1.54) is 0 Å². The predicted molar refractivity (Wildman–Crippen MR) is 109 cm³/mol.